The zero-order valence-electron chi connectivity index (χ0n) is 9.47. The minimum Gasteiger partial charge on any atom is -0.481 e. The van der Waals surface area contributed by atoms with E-state index < -0.39 is 5.97 Å². The molecular weight excluding hydrogens is 235 g/mol. The maximum absolute atomic E-state index is 13.1. The molecule has 1 saturated carbocycles. The van der Waals surface area contributed by atoms with Crippen LogP contribution in [0.5, 0.6) is 0 Å². The van der Waals surface area contributed by atoms with E-state index in [0.29, 0.717) is 23.5 Å². The molecule has 0 aliphatic heterocycles. The summed E-state index contributed by atoms with van der Waals surface area (Å²) in [5, 5.41) is 8.85. The van der Waals surface area contributed by atoms with Crippen molar-refractivity contribution >= 4 is 5.97 Å². The predicted octanol–water partition coefficient (Wildman–Crippen LogP) is 3.27. The summed E-state index contributed by atoms with van der Waals surface area (Å²) in [7, 11) is 0. The second-order valence-corrected chi connectivity index (χ2v) is 4.50. The molecule has 1 aliphatic carbocycles. The lowest BCUT2D eigenvalue weighted by atomic mass is 10.2. The third kappa shape index (κ3) is 1.90. The monoisotopic (exact) mass is 246 g/mol. The Morgan fingerprint density at radius 1 is 1.33 bits per heavy atom. The van der Waals surface area contributed by atoms with E-state index in [1.165, 1.54) is 12.1 Å². The largest absolute Gasteiger partial charge is 0.481 e. The van der Waals surface area contributed by atoms with E-state index in [0.717, 1.165) is 0 Å². The summed E-state index contributed by atoms with van der Waals surface area (Å²) >= 11 is 0. The van der Waals surface area contributed by atoms with Gasteiger partial charge < -0.3 is 9.52 Å². The number of carboxylic acids is 1. The first-order valence-electron chi connectivity index (χ1n) is 5.73. The maximum atomic E-state index is 13.1. The number of carbonyl (C=O) groups is 1. The van der Waals surface area contributed by atoms with E-state index in [-0.39, 0.29) is 17.7 Å². The molecule has 0 saturated heterocycles. The Bertz CT molecular complexity index is 603. The van der Waals surface area contributed by atoms with Crippen molar-refractivity contribution in [2.75, 3.05) is 0 Å². The van der Waals surface area contributed by atoms with Crippen LogP contribution in [0.25, 0.3) is 11.3 Å². The lowest BCUT2D eigenvalue weighted by Crippen LogP contribution is -1.98. The summed E-state index contributed by atoms with van der Waals surface area (Å²) in [4.78, 5) is 10.8. The van der Waals surface area contributed by atoms with E-state index in [2.05, 4.69) is 0 Å². The third-order valence-corrected chi connectivity index (χ3v) is 3.21. The molecule has 2 atom stereocenters. The van der Waals surface area contributed by atoms with Crippen molar-refractivity contribution in [3.8, 4) is 11.3 Å². The highest BCUT2D eigenvalue weighted by atomic mass is 19.1. The van der Waals surface area contributed by atoms with E-state index in [1.54, 1.807) is 24.3 Å². The van der Waals surface area contributed by atoms with E-state index in [1.807, 2.05) is 0 Å². The van der Waals surface area contributed by atoms with Crippen LogP contribution in [0.2, 0.25) is 0 Å². The van der Waals surface area contributed by atoms with E-state index in [9.17, 15) is 9.18 Å². The minimum atomic E-state index is -0.788. The molecule has 18 heavy (non-hydrogen) atoms. The Kier molecular flexibility index (Phi) is 2.44. The molecule has 92 valence electrons. The zero-order chi connectivity index (χ0) is 12.7. The van der Waals surface area contributed by atoms with Gasteiger partial charge in [0.1, 0.15) is 17.3 Å². The van der Waals surface area contributed by atoms with E-state index >= 15 is 0 Å². The molecule has 2 aromatic rings. The molecule has 3 nitrogen and oxygen atoms in total. The van der Waals surface area contributed by atoms with Crippen molar-refractivity contribution in [3.05, 3.63) is 48.0 Å². The molecular formula is C14H11FO3. The van der Waals surface area contributed by atoms with Crippen LogP contribution in [-0.4, -0.2) is 11.1 Å². The van der Waals surface area contributed by atoms with Gasteiger partial charge in [0.05, 0.1) is 5.92 Å². The highest BCUT2D eigenvalue weighted by Crippen LogP contribution is 2.48. The maximum Gasteiger partial charge on any atom is 0.307 e. The number of aliphatic carboxylic acids is 1. The van der Waals surface area contributed by atoms with Crippen LogP contribution >= 0.6 is 0 Å². The summed E-state index contributed by atoms with van der Waals surface area (Å²) in [5.74, 6) is -0.243. The Balaban J connectivity index is 1.84. The van der Waals surface area contributed by atoms with Crippen molar-refractivity contribution in [1.82, 2.24) is 0 Å². The third-order valence-electron chi connectivity index (χ3n) is 3.21. The van der Waals surface area contributed by atoms with Crippen molar-refractivity contribution in [2.24, 2.45) is 5.92 Å². The lowest BCUT2D eigenvalue weighted by molar-refractivity contribution is -0.138. The lowest BCUT2D eigenvalue weighted by Gasteiger charge is -1.97. The van der Waals surface area contributed by atoms with Gasteiger partial charge in [0.2, 0.25) is 0 Å². The van der Waals surface area contributed by atoms with Crippen LogP contribution < -0.4 is 0 Å². The fourth-order valence-corrected chi connectivity index (χ4v) is 2.13. The van der Waals surface area contributed by atoms with Gasteiger partial charge in [-0.05, 0) is 30.7 Å². The number of furan rings is 1. The van der Waals surface area contributed by atoms with Crippen LogP contribution in [0.15, 0.2) is 40.8 Å². The molecule has 1 aliphatic rings. The van der Waals surface area contributed by atoms with Crippen molar-refractivity contribution in [1.29, 1.82) is 0 Å². The van der Waals surface area contributed by atoms with Crippen molar-refractivity contribution in [3.63, 3.8) is 0 Å². The van der Waals surface area contributed by atoms with Crippen LogP contribution in [-0.2, 0) is 4.79 Å². The number of hydrogen-bond donors (Lipinski definition) is 1. The number of benzene rings is 1. The molecule has 1 aromatic heterocycles. The predicted molar refractivity (Wildman–Crippen MR) is 62.6 cm³/mol. The first kappa shape index (κ1) is 11.0. The molecule has 0 unspecified atom stereocenters. The summed E-state index contributed by atoms with van der Waals surface area (Å²) in [6.07, 6.45) is 0.617. The number of carboxylic acid groups (broad SMARTS) is 1. The second kappa shape index (κ2) is 3.98. The molecule has 4 heteroatoms. The Hall–Kier alpha value is -2.10. The first-order valence-corrected chi connectivity index (χ1v) is 5.73. The fraction of sp³-hybridized carbons (Fsp3) is 0.214. The first-order chi connectivity index (χ1) is 8.65. The van der Waals surface area contributed by atoms with E-state index in [4.69, 9.17) is 9.52 Å². The molecule has 1 heterocycles. The van der Waals surface area contributed by atoms with Crippen LogP contribution in [0, 0.1) is 11.7 Å². The summed E-state index contributed by atoms with van der Waals surface area (Å²) < 4.78 is 18.7. The number of hydrogen-bond acceptors (Lipinski definition) is 2. The second-order valence-electron chi connectivity index (χ2n) is 4.50. The summed E-state index contributed by atoms with van der Waals surface area (Å²) in [5.41, 5.74) is 0.661. The van der Waals surface area contributed by atoms with Crippen molar-refractivity contribution in [2.45, 2.75) is 12.3 Å². The van der Waals surface area contributed by atoms with Crippen molar-refractivity contribution < 1.29 is 18.7 Å². The quantitative estimate of drug-likeness (QED) is 0.904. The molecule has 0 amide bonds. The SMILES string of the molecule is O=C(O)[C@@H]1C[C@@H]1c1ccc(-c2cccc(F)c2)o1. The molecule has 1 N–H and O–H groups in total. The van der Waals surface area contributed by atoms with Gasteiger partial charge in [0.25, 0.3) is 0 Å². The van der Waals surface area contributed by atoms with Gasteiger partial charge in [-0.1, -0.05) is 12.1 Å². The summed E-state index contributed by atoms with van der Waals surface area (Å²) in [6, 6.07) is 9.66. The fourth-order valence-electron chi connectivity index (χ4n) is 2.13. The summed E-state index contributed by atoms with van der Waals surface area (Å²) in [6.45, 7) is 0. The van der Waals surface area contributed by atoms with Crippen LogP contribution in [0.3, 0.4) is 0 Å². The zero-order valence-corrected chi connectivity index (χ0v) is 9.47. The number of halogens is 1. The van der Waals surface area contributed by atoms with Crippen LogP contribution in [0.4, 0.5) is 4.39 Å². The molecule has 0 spiro atoms. The topological polar surface area (TPSA) is 50.4 Å². The van der Waals surface area contributed by atoms with Gasteiger partial charge in [0, 0.05) is 11.5 Å². The van der Waals surface area contributed by atoms with Gasteiger partial charge in [-0.25, -0.2) is 4.39 Å². The Labute approximate surface area is 103 Å². The normalized spacial score (nSPS) is 21.8. The van der Waals surface area contributed by atoms with Gasteiger partial charge in [0.15, 0.2) is 0 Å². The highest BCUT2D eigenvalue weighted by molar-refractivity contribution is 5.75. The molecule has 3 rings (SSSR count). The molecule has 1 fully saturated rings. The Morgan fingerprint density at radius 2 is 2.17 bits per heavy atom. The smallest absolute Gasteiger partial charge is 0.307 e. The van der Waals surface area contributed by atoms with Crippen LogP contribution in [0.1, 0.15) is 18.1 Å². The minimum absolute atomic E-state index is 0.0372. The molecule has 0 bridgehead atoms. The van der Waals surface area contributed by atoms with Gasteiger partial charge in [-0.2, -0.15) is 0 Å². The highest BCUT2D eigenvalue weighted by Gasteiger charge is 2.46. The average molecular weight is 246 g/mol. The van der Waals surface area contributed by atoms with Gasteiger partial charge >= 0.3 is 5.97 Å². The average Bonchev–Trinajstić information content (AvgIpc) is 3.00. The van der Waals surface area contributed by atoms with Gasteiger partial charge in [-0.15, -0.1) is 0 Å². The van der Waals surface area contributed by atoms with Gasteiger partial charge in [-0.3, -0.25) is 4.79 Å². The Morgan fingerprint density at radius 3 is 2.83 bits per heavy atom. The molecule has 0 radical (unpaired) electrons. The standard InChI is InChI=1S/C14H11FO3/c15-9-3-1-2-8(6-9)12-4-5-13(18-12)10-7-11(10)14(16)17/h1-6,10-11H,7H2,(H,16,17)/t10-,11+/m0/s1. The molecule has 1 aromatic carbocycles. The number of rotatable bonds is 3.